The Morgan fingerprint density at radius 2 is 2.08 bits per heavy atom. The number of nitro benzene ring substituents is 1. The number of aromatic nitrogens is 2. The van der Waals surface area contributed by atoms with Crippen LogP contribution in [-0.2, 0) is 17.6 Å². The highest BCUT2D eigenvalue weighted by molar-refractivity contribution is 7.19. The second-order valence-electron chi connectivity index (χ2n) is 8.53. The highest BCUT2D eigenvalue weighted by Gasteiger charge is 2.19. The van der Waals surface area contributed by atoms with Crippen molar-refractivity contribution in [2.75, 3.05) is 24.5 Å². The van der Waals surface area contributed by atoms with Crippen LogP contribution in [0.2, 0.25) is 0 Å². The van der Waals surface area contributed by atoms with Crippen LogP contribution in [-0.4, -0.2) is 40.7 Å². The van der Waals surface area contributed by atoms with E-state index < -0.39 is 10.8 Å². The predicted molar refractivity (Wildman–Crippen MR) is 145 cm³/mol. The molecule has 0 bridgehead atoms. The fourth-order valence-corrected chi connectivity index (χ4v) is 5.50. The molecule has 0 fully saturated rings. The molecule has 2 N–H and O–H groups in total. The van der Waals surface area contributed by atoms with Crippen molar-refractivity contribution in [2.45, 2.75) is 25.7 Å². The Balaban J connectivity index is 1.23. The van der Waals surface area contributed by atoms with E-state index in [0.717, 1.165) is 23.1 Å². The van der Waals surface area contributed by atoms with E-state index in [9.17, 15) is 14.9 Å². The number of amides is 1. The number of rotatable bonds is 9. The van der Waals surface area contributed by atoms with E-state index in [1.165, 1.54) is 48.6 Å². The van der Waals surface area contributed by atoms with Crippen LogP contribution in [0.4, 0.5) is 17.2 Å². The molecule has 5 rings (SSSR count). The van der Waals surface area contributed by atoms with E-state index in [-0.39, 0.29) is 12.3 Å². The number of hydrogen-bond donors (Lipinski definition) is 2. The second-order valence-corrected chi connectivity index (χ2v) is 9.61. The molecule has 12 heteroatoms. The molecule has 4 aromatic rings. The summed E-state index contributed by atoms with van der Waals surface area (Å²) < 4.78 is 11.1. The van der Waals surface area contributed by atoms with Gasteiger partial charge in [0.25, 0.3) is 11.6 Å². The third kappa shape index (κ3) is 5.54. The number of hydrogen-bond acceptors (Lipinski definition) is 10. The van der Waals surface area contributed by atoms with Crippen LogP contribution in [0.25, 0.3) is 10.2 Å². The summed E-state index contributed by atoms with van der Waals surface area (Å²) in [6, 6.07) is 10.8. The first-order valence-corrected chi connectivity index (χ1v) is 12.7. The van der Waals surface area contributed by atoms with Gasteiger partial charge in [-0.05, 0) is 49.4 Å². The van der Waals surface area contributed by atoms with E-state index in [4.69, 9.17) is 9.47 Å². The van der Waals surface area contributed by atoms with E-state index in [1.54, 1.807) is 48.1 Å². The number of aryl methyl sites for hydroxylation is 2. The maximum Gasteiger partial charge on any atom is 0.271 e. The average molecular weight is 533 g/mol. The van der Waals surface area contributed by atoms with Gasteiger partial charge in [-0.2, -0.15) is 5.10 Å². The van der Waals surface area contributed by atoms with Crippen LogP contribution in [0.15, 0.2) is 53.9 Å². The lowest BCUT2D eigenvalue weighted by Gasteiger charge is -2.11. The minimum absolute atomic E-state index is 0.112. The summed E-state index contributed by atoms with van der Waals surface area (Å²) in [5.41, 5.74) is 5.28. The van der Waals surface area contributed by atoms with Crippen LogP contribution in [0.3, 0.4) is 0 Å². The Kier molecular flexibility index (Phi) is 7.40. The normalized spacial score (nSPS) is 12.8. The molecule has 1 aliphatic carbocycles. The monoisotopic (exact) mass is 532 g/mol. The summed E-state index contributed by atoms with van der Waals surface area (Å²) in [6.45, 7) is -0.282. The average Bonchev–Trinajstić information content (AvgIpc) is 3.32. The fraction of sp³-hybridized carbons (Fsp3) is 0.231. The van der Waals surface area contributed by atoms with Gasteiger partial charge < -0.3 is 14.8 Å². The quantitative estimate of drug-likeness (QED) is 0.175. The van der Waals surface area contributed by atoms with Gasteiger partial charge in [-0.15, -0.1) is 11.3 Å². The van der Waals surface area contributed by atoms with Crippen molar-refractivity contribution < 1.29 is 19.2 Å². The molecule has 38 heavy (non-hydrogen) atoms. The summed E-state index contributed by atoms with van der Waals surface area (Å²) in [6.07, 6.45) is 7.66. The van der Waals surface area contributed by atoms with Crippen LogP contribution in [0.1, 0.15) is 28.8 Å². The number of carbonyl (C=O) groups is 1. The van der Waals surface area contributed by atoms with Gasteiger partial charge in [-0.3, -0.25) is 20.3 Å². The van der Waals surface area contributed by atoms with Crippen molar-refractivity contribution >= 4 is 50.9 Å². The Morgan fingerprint density at radius 1 is 1.21 bits per heavy atom. The number of anilines is 2. The largest absolute Gasteiger partial charge is 0.496 e. The summed E-state index contributed by atoms with van der Waals surface area (Å²) in [5, 5.41) is 18.9. The number of nitrogens with zero attached hydrogens (tertiary/aromatic N) is 4. The number of methoxy groups -OCH3 is 1. The molecule has 0 aliphatic heterocycles. The maximum atomic E-state index is 12.3. The lowest BCUT2D eigenvalue weighted by atomic mass is 9.97. The molecule has 1 amide bonds. The lowest BCUT2D eigenvalue weighted by Crippen LogP contribution is -2.20. The minimum Gasteiger partial charge on any atom is -0.496 e. The van der Waals surface area contributed by atoms with Crippen molar-refractivity contribution in [3.8, 4) is 11.5 Å². The van der Waals surface area contributed by atoms with Gasteiger partial charge in [-0.25, -0.2) is 9.97 Å². The van der Waals surface area contributed by atoms with Crippen molar-refractivity contribution in [1.29, 1.82) is 0 Å². The van der Waals surface area contributed by atoms with Crippen LogP contribution in [0.5, 0.6) is 11.5 Å². The highest BCUT2D eigenvalue weighted by atomic mass is 32.1. The number of hydrazone groups is 1. The first-order chi connectivity index (χ1) is 18.5. The Morgan fingerprint density at radius 3 is 2.92 bits per heavy atom. The lowest BCUT2D eigenvalue weighted by molar-refractivity contribution is -0.384. The Labute approximate surface area is 221 Å². The van der Waals surface area contributed by atoms with E-state index in [0.29, 0.717) is 28.6 Å². The fourth-order valence-electron chi connectivity index (χ4n) is 4.27. The smallest absolute Gasteiger partial charge is 0.271 e. The molecule has 1 aliphatic rings. The number of ether oxygens (including phenoxy) is 2. The third-order valence-corrected chi connectivity index (χ3v) is 7.24. The van der Waals surface area contributed by atoms with Gasteiger partial charge in [0.15, 0.2) is 12.4 Å². The molecule has 0 saturated carbocycles. The summed E-state index contributed by atoms with van der Waals surface area (Å²) in [4.78, 5) is 33.8. The van der Waals surface area contributed by atoms with Gasteiger partial charge in [0.1, 0.15) is 22.7 Å². The topological polar surface area (TPSA) is 141 Å². The molecular weight excluding hydrogens is 508 g/mol. The summed E-state index contributed by atoms with van der Waals surface area (Å²) >= 11 is 1.73. The number of benzene rings is 2. The molecule has 0 saturated heterocycles. The molecule has 0 spiro atoms. The molecule has 194 valence electrons. The van der Waals surface area contributed by atoms with Crippen LogP contribution < -0.4 is 20.2 Å². The van der Waals surface area contributed by atoms with Gasteiger partial charge in [0.05, 0.1) is 23.6 Å². The first kappa shape index (κ1) is 25.1. The standard InChI is InChI=1S/C26H24N6O5S/c1-36-21-12-19(37-14-23(33)30-17-5-4-6-18(11-17)32(34)35)10-9-16(21)13-29-31-25-24-20-7-2-3-8-22(20)38-26(24)28-15-27-25/h4-6,9-13,15H,2-3,7-8,14H2,1H3,(H,30,33)(H,27,28,31)/b29-13-. The summed E-state index contributed by atoms with van der Waals surface area (Å²) in [5.74, 6) is 1.15. The zero-order chi connectivity index (χ0) is 26.5. The van der Waals surface area contributed by atoms with Crippen molar-refractivity contribution in [3.05, 3.63) is 74.9 Å². The molecule has 2 heterocycles. The Hall–Kier alpha value is -4.58. The zero-order valence-electron chi connectivity index (χ0n) is 20.5. The van der Waals surface area contributed by atoms with Crippen molar-refractivity contribution in [2.24, 2.45) is 5.10 Å². The third-order valence-electron chi connectivity index (χ3n) is 6.04. The summed E-state index contributed by atoms with van der Waals surface area (Å²) in [7, 11) is 1.53. The van der Waals surface area contributed by atoms with E-state index in [1.807, 2.05) is 0 Å². The molecular formula is C26H24N6O5S. The molecule has 2 aromatic heterocycles. The van der Waals surface area contributed by atoms with E-state index in [2.05, 4.69) is 25.8 Å². The molecule has 0 radical (unpaired) electrons. The van der Waals surface area contributed by atoms with Gasteiger partial charge in [0.2, 0.25) is 0 Å². The van der Waals surface area contributed by atoms with Crippen LogP contribution in [0, 0.1) is 10.1 Å². The van der Waals surface area contributed by atoms with Gasteiger partial charge >= 0.3 is 0 Å². The van der Waals surface area contributed by atoms with Gasteiger partial charge in [0, 0.05) is 34.3 Å². The zero-order valence-corrected chi connectivity index (χ0v) is 21.3. The van der Waals surface area contributed by atoms with Crippen molar-refractivity contribution in [3.63, 3.8) is 0 Å². The van der Waals surface area contributed by atoms with Crippen molar-refractivity contribution in [1.82, 2.24) is 9.97 Å². The highest BCUT2D eigenvalue weighted by Crippen LogP contribution is 2.38. The second kappa shape index (κ2) is 11.2. The molecule has 0 atom stereocenters. The first-order valence-electron chi connectivity index (χ1n) is 11.9. The number of nitrogens with one attached hydrogen (secondary N) is 2. The Bertz CT molecular complexity index is 1540. The van der Waals surface area contributed by atoms with Crippen LogP contribution >= 0.6 is 11.3 Å². The number of thiophene rings is 1. The molecule has 11 nitrogen and oxygen atoms in total. The number of non-ortho nitro benzene ring substituents is 1. The molecule has 0 unspecified atom stereocenters. The maximum absolute atomic E-state index is 12.3. The minimum atomic E-state index is -0.526. The van der Waals surface area contributed by atoms with E-state index >= 15 is 0 Å². The SMILES string of the molecule is COc1cc(OCC(=O)Nc2cccc([N+](=O)[O-])c2)ccc1/C=N\Nc1ncnc2sc3c(c12)CCCC3. The predicted octanol–water partition coefficient (Wildman–Crippen LogP) is 4.95. The number of carbonyl (C=O) groups excluding carboxylic acids is 1. The van der Waals surface area contributed by atoms with Gasteiger partial charge in [-0.1, -0.05) is 6.07 Å². The number of fused-ring (bicyclic) bond motifs is 3. The molecule has 2 aromatic carbocycles. The number of nitro groups is 1.